The maximum absolute atomic E-state index is 11.3. The molecule has 3 heteroatoms. The predicted octanol–water partition coefficient (Wildman–Crippen LogP) is 2.01. The Labute approximate surface area is 84.1 Å². The van der Waals surface area contributed by atoms with E-state index in [-0.39, 0.29) is 18.1 Å². The summed E-state index contributed by atoms with van der Waals surface area (Å²) in [6.07, 6.45) is 6.15. The van der Waals surface area contributed by atoms with Crippen molar-refractivity contribution < 1.29 is 14.3 Å². The number of rotatable bonds is 4. The second kappa shape index (κ2) is 5.58. The van der Waals surface area contributed by atoms with E-state index in [1.807, 2.05) is 0 Å². The molecule has 0 aliphatic heterocycles. The third kappa shape index (κ3) is 3.32. The lowest BCUT2D eigenvalue weighted by molar-refractivity contribution is -0.146. The van der Waals surface area contributed by atoms with Gasteiger partial charge in [-0.05, 0) is 25.7 Å². The molecule has 0 unspecified atom stereocenters. The van der Waals surface area contributed by atoms with Gasteiger partial charge in [-0.3, -0.25) is 0 Å². The molecule has 0 radical (unpaired) electrons. The molecule has 0 aromatic heterocycles. The van der Waals surface area contributed by atoms with E-state index in [4.69, 9.17) is 4.74 Å². The molecule has 1 fully saturated rings. The molecule has 0 atom stereocenters. The van der Waals surface area contributed by atoms with Gasteiger partial charge in [0.25, 0.3) is 0 Å². The fourth-order valence-electron chi connectivity index (χ4n) is 1.60. The summed E-state index contributed by atoms with van der Waals surface area (Å²) in [7, 11) is 0. The molecule has 0 spiro atoms. The summed E-state index contributed by atoms with van der Waals surface area (Å²) in [6.45, 7) is 3.50. The molecular formula is C11H16O3. The van der Waals surface area contributed by atoms with Crippen LogP contribution in [0.1, 0.15) is 38.5 Å². The van der Waals surface area contributed by atoms with Gasteiger partial charge in [-0.1, -0.05) is 13.0 Å². The van der Waals surface area contributed by atoms with E-state index in [0.717, 1.165) is 25.7 Å². The van der Waals surface area contributed by atoms with Crippen molar-refractivity contribution in [3.05, 3.63) is 12.2 Å². The van der Waals surface area contributed by atoms with Crippen LogP contribution in [0.5, 0.6) is 0 Å². The Bertz CT molecular complexity index is 227. The summed E-state index contributed by atoms with van der Waals surface area (Å²) in [5.41, 5.74) is 0.255. The Morgan fingerprint density at radius 1 is 1.36 bits per heavy atom. The van der Waals surface area contributed by atoms with Gasteiger partial charge in [0, 0.05) is 12.0 Å². The Balaban J connectivity index is 2.31. The van der Waals surface area contributed by atoms with E-state index in [1.54, 1.807) is 0 Å². The highest BCUT2D eigenvalue weighted by molar-refractivity contribution is 5.90. The van der Waals surface area contributed by atoms with E-state index >= 15 is 0 Å². The van der Waals surface area contributed by atoms with Gasteiger partial charge < -0.3 is 9.53 Å². The van der Waals surface area contributed by atoms with Crippen molar-refractivity contribution in [2.24, 2.45) is 0 Å². The number of hydrogen-bond donors (Lipinski definition) is 0. The fourth-order valence-corrected chi connectivity index (χ4v) is 1.60. The number of aldehydes is 1. The normalized spacial score (nSPS) is 17.4. The number of esters is 1. The molecule has 0 aromatic carbocycles. The molecule has 0 heterocycles. The topological polar surface area (TPSA) is 43.4 Å². The largest absolute Gasteiger partial charge is 0.459 e. The van der Waals surface area contributed by atoms with Gasteiger partial charge in [0.05, 0.1) is 0 Å². The maximum Gasteiger partial charge on any atom is 0.334 e. The van der Waals surface area contributed by atoms with E-state index in [2.05, 4.69) is 6.58 Å². The zero-order valence-corrected chi connectivity index (χ0v) is 8.33. The van der Waals surface area contributed by atoms with Gasteiger partial charge in [-0.15, -0.1) is 0 Å². The van der Waals surface area contributed by atoms with Crippen molar-refractivity contribution in [2.45, 2.75) is 44.6 Å². The summed E-state index contributed by atoms with van der Waals surface area (Å²) >= 11 is 0. The number of ether oxygens (including phenoxy) is 1. The lowest BCUT2D eigenvalue weighted by Gasteiger charge is -2.21. The summed E-state index contributed by atoms with van der Waals surface area (Å²) in [4.78, 5) is 21.5. The second-order valence-corrected chi connectivity index (χ2v) is 3.64. The first-order chi connectivity index (χ1) is 6.74. The molecule has 0 N–H and O–H groups in total. The minimum atomic E-state index is -0.413. The number of carbonyl (C=O) groups excluding carboxylic acids is 2. The molecule has 78 valence electrons. The Morgan fingerprint density at radius 3 is 2.57 bits per heavy atom. The van der Waals surface area contributed by atoms with Crippen LogP contribution in [-0.4, -0.2) is 18.4 Å². The zero-order chi connectivity index (χ0) is 10.4. The second-order valence-electron chi connectivity index (χ2n) is 3.64. The van der Waals surface area contributed by atoms with Gasteiger partial charge in [0.15, 0.2) is 0 Å². The molecule has 1 aliphatic carbocycles. The average molecular weight is 196 g/mol. The first-order valence-corrected chi connectivity index (χ1v) is 5.06. The third-order valence-electron chi connectivity index (χ3n) is 2.44. The molecule has 3 nitrogen and oxygen atoms in total. The highest BCUT2D eigenvalue weighted by atomic mass is 16.5. The number of hydrogen-bond acceptors (Lipinski definition) is 3. The van der Waals surface area contributed by atoms with Gasteiger partial charge in [0.2, 0.25) is 0 Å². The van der Waals surface area contributed by atoms with E-state index in [9.17, 15) is 9.59 Å². The van der Waals surface area contributed by atoms with Gasteiger partial charge in [-0.2, -0.15) is 0 Å². The SMILES string of the molecule is C=C(CC=O)C(=O)OC1CCCCC1. The molecule has 1 saturated carbocycles. The summed E-state index contributed by atoms with van der Waals surface area (Å²) in [5, 5.41) is 0. The van der Waals surface area contributed by atoms with Crippen LogP contribution in [0.15, 0.2) is 12.2 Å². The van der Waals surface area contributed by atoms with E-state index in [1.165, 1.54) is 6.42 Å². The van der Waals surface area contributed by atoms with Crippen molar-refractivity contribution in [1.29, 1.82) is 0 Å². The monoisotopic (exact) mass is 196 g/mol. The molecule has 0 amide bonds. The Morgan fingerprint density at radius 2 is 2.00 bits per heavy atom. The van der Waals surface area contributed by atoms with Gasteiger partial charge in [-0.25, -0.2) is 4.79 Å². The summed E-state index contributed by atoms with van der Waals surface area (Å²) in [5.74, 6) is -0.413. The number of carbonyl (C=O) groups is 2. The molecule has 0 bridgehead atoms. The summed E-state index contributed by atoms with van der Waals surface area (Å²) in [6, 6.07) is 0. The van der Waals surface area contributed by atoms with Gasteiger partial charge in [0.1, 0.15) is 12.4 Å². The van der Waals surface area contributed by atoms with Crippen LogP contribution < -0.4 is 0 Å². The maximum atomic E-state index is 11.3. The minimum Gasteiger partial charge on any atom is -0.459 e. The van der Waals surface area contributed by atoms with Crippen molar-refractivity contribution >= 4 is 12.3 Å². The predicted molar refractivity (Wildman–Crippen MR) is 52.8 cm³/mol. The van der Waals surface area contributed by atoms with Crippen LogP contribution in [0, 0.1) is 0 Å². The van der Waals surface area contributed by atoms with Crippen LogP contribution in [0.4, 0.5) is 0 Å². The quantitative estimate of drug-likeness (QED) is 0.392. The summed E-state index contributed by atoms with van der Waals surface area (Å²) < 4.78 is 5.21. The van der Waals surface area contributed by atoms with Crippen molar-refractivity contribution in [3.63, 3.8) is 0 Å². The smallest absolute Gasteiger partial charge is 0.334 e. The molecule has 1 aliphatic rings. The Hall–Kier alpha value is -1.12. The lowest BCUT2D eigenvalue weighted by atomic mass is 9.98. The van der Waals surface area contributed by atoms with E-state index in [0.29, 0.717) is 6.29 Å². The van der Waals surface area contributed by atoms with Crippen molar-refractivity contribution in [3.8, 4) is 0 Å². The zero-order valence-electron chi connectivity index (χ0n) is 8.33. The Kier molecular flexibility index (Phi) is 4.36. The first kappa shape index (κ1) is 11.0. The highest BCUT2D eigenvalue weighted by Crippen LogP contribution is 2.21. The van der Waals surface area contributed by atoms with Crippen LogP contribution in [0.3, 0.4) is 0 Å². The highest BCUT2D eigenvalue weighted by Gasteiger charge is 2.18. The van der Waals surface area contributed by atoms with Crippen molar-refractivity contribution in [2.75, 3.05) is 0 Å². The molecule has 1 rings (SSSR count). The van der Waals surface area contributed by atoms with Crippen LogP contribution >= 0.6 is 0 Å². The van der Waals surface area contributed by atoms with Crippen molar-refractivity contribution in [1.82, 2.24) is 0 Å². The van der Waals surface area contributed by atoms with Gasteiger partial charge >= 0.3 is 5.97 Å². The third-order valence-corrected chi connectivity index (χ3v) is 2.44. The van der Waals surface area contributed by atoms with E-state index < -0.39 is 5.97 Å². The molecular weight excluding hydrogens is 180 g/mol. The fraction of sp³-hybridized carbons (Fsp3) is 0.636. The van der Waals surface area contributed by atoms with Crippen LogP contribution in [0.25, 0.3) is 0 Å². The lowest BCUT2D eigenvalue weighted by Crippen LogP contribution is -2.21. The standard InChI is InChI=1S/C11H16O3/c1-9(7-8-12)11(13)14-10-5-3-2-4-6-10/h8,10H,1-7H2. The molecule has 0 saturated heterocycles. The average Bonchev–Trinajstić information content (AvgIpc) is 2.19. The molecule has 0 aromatic rings. The minimum absolute atomic E-state index is 0.0413. The van der Waals surface area contributed by atoms with Crippen LogP contribution in [0.2, 0.25) is 0 Å². The molecule has 14 heavy (non-hydrogen) atoms. The first-order valence-electron chi connectivity index (χ1n) is 5.06. The van der Waals surface area contributed by atoms with Crippen LogP contribution in [-0.2, 0) is 14.3 Å².